The Balaban J connectivity index is 1.52. The van der Waals surface area contributed by atoms with Crippen molar-refractivity contribution in [2.24, 2.45) is 0 Å². The minimum absolute atomic E-state index is 0.0463. The van der Waals surface area contributed by atoms with Crippen LogP contribution < -0.4 is 9.64 Å². The molecule has 1 fully saturated rings. The van der Waals surface area contributed by atoms with E-state index in [4.69, 9.17) is 4.74 Å². The molecule has 0 radical (unpaired) electrons. The Labute approximate surface area is 147 Å². The number of hydrogen-bond acceptors (Lipinski definition) is 4. The molecule has 0 aromatic heterocycles. The Morgan fingerprint density at radius 1 is 1.08 bits per heavy atom. The van der Waals surface area contributed by atoms with E-state index >= 15 is 0 Å². The van der Waals surface area contributed by atoms with E-state index in [-0.39, 0.29) is 12.5 Å². The zero-order valence-corrected chi connectivity index (χ0v) is 14.4. The molecule has 0 N–H and O–H groups in total. The van der Waals surface area contributed by atoms with Crippen LogP contribution in [0.25, 0.3) is 0 Å². The Morgan fingerprint density at radius 2 is 1.84 bits per heavy atom. The lowest BCUT2D eigenvalue weighted by atomic mass is 10.2. The number of benzene rings is 2. The first-order valence-electron chi connectivity index (χ1n) is 8.44. The lowest BCUT2D eigenvalue weighted by Crippen LogP contribution is -2.50. The van der Waals surface area contributed by atoms with Crippen LogP contribution in [-0.2, 0) is 4.79 Å². The quantitative estimate of drug-likeness (QED) is 0.786. The number of ether oxygens (including phenoxy) is 1. The second-order valence-corrected chi connectivity index (χ2v) is 6.15. The van der Waals surface area contributed by atoms with Crippen molar-refractivity contribution < 1.29 is 14.3 Å². The number of aryl methyl sites for hydroxylation is 1. The van der Waals surface area contributed by atoms with Crippen LogP contribution in [0, 0.1) is 6.92 Å². The van der Waals surface area contributed by atoms with Gasteiger partial charge in [0.25, 0.3) is 5.91 Å². The van der Waals surface area contributed by atoms with Crippen LogP contribution in [0.3, 0.4) is 0 Å². The largest absolute Gasteiger partial charge is 0.483 e. The summed E-state index contributed by atoms with van der Waals surface area (Å²) >= 11 is 0. The minimum Gasteiger partial charge on any atom is -0.483 e. The molecule has 5 nitrogen and oxygen atoms in total. The number of para-hydroxylation sites is 1. The third-order valence-electron chi connectivity index (χ3n) is 4.40. The van der Waals surface area contributed by atoms with Crippen LogP contribution in [0.5, 0.6) is 5.75 Å². The highest BCUT2D eigenvalue weighted by molar-refractivity contribution is 5.81. The fourth-order valence-corrected chi connectivity index (χ4v) is 2.98. The second-order valence-electron chi connectivity index (χ2n) is 6.15. The van der Waals surface area contributed by atoms with Gasteiger partial charge in [-0.2, -0.15) is 0 Å². The lowest BCUT2D eigenvalue weighted by molar-refractivity contribution is -0.133. The number of nitrogens with zero attached hydrogens (tertiary/aromatic N) is 2. The fourth-order valence-electron chi connectivity index (χ4n) is 2.98. The molecule has 1 heterocycles. The Kier molecular flexibility index (Phi) is 5.33. The minimum atomic E-state index is -0.0513. The first-order chi connectivity index (χ1) is 12.2. The van der Waals surface area contributed by atoms with E-state index in [1.165, 1.54) is 11.3 Å². The van der Waals surface area contributed by atoms with Gasteiger partial charge >= 0.3 is 0 Å². The monoisotopic (exact) mass is 338 g/mol. The summed E-state index contributed by atoms with van der Waals surface area (Å²) < 4.78 is 5.53. The maximum Gasteiger partial charge on any atom is 0.260 e. The van der Waals surface area contributed by atoms with Crippen LogP contribution in [0.1, 0.15) is 15.9 Å². The SMILES string of the molecule is Cc1cccc(N2CCN(C(=O)COc3ccccc3C=O)CC2)c1. The van der Waals surface area contributed by atoms with E-state index in [0.717, 1.165) is 19.4 Å². The van der Waals surface area contributed by atoms with Crippen molar-refractivity contribution in [3.05, 3.63) is 59.7 Å². The molecule has 1 saturated heterocycles. The summed E-state index contributed by atoms with van der Waals surface area (Å²) in [5, 5.41) is 0. The number of amides is 1. The zero-order valence-electron chi connectivity index (χ0n) is 14.4. The highest BCUT2D eigenvalue weighted by Crippen LogP contribution is 2.18. The van der Waals surface area contributed by atoms with Crippen LogP contribution in [0.2, 0.25) is 0 Å². The third kappa shape index (κ3) is 4.18. The zero-order chi connectivity index (χ0) is 17.6. The van der Waals surface area contributed by atoms with Gasteiger partial charge in [-0.25, -0.2) is 0 Å². The van der Waals surface area contributed by atoms with Crippen molar-refractivity contribution in [2.75, 3.05) is 37.7 Å². The molecule has 0 bridgehead atoms. The Morgan fingerprint density at radius 3 is 2.56 bits per heavy atom. The van der Waals surface area contributed by atoms with Gasteiger partial charge in [-0.15, -0.1) is 0 Å². The highest BCUT2D eigenvalue weighted by Gasteiger charge is 2.21. The number of rotatable bonds is 5. The summed E-state index contributed by atoms with van der Waals surface area (Å²) in [5.41, 5.74) is 2.89. The molecule has 0 saturated carbocycles. The number of piperazine rings is 1. The predicted octanol–water partition coefficient (Wildman–Crippen LogP) is 2.54. The molecule has 3 rings (SSSR count). The molecular formula is C20H22N2O3. The van der Waals surface area contributed by atoms with Crippen LogP contribution >= 0.6 is 0 Å². The molecule has 0 aliphatic carbocycles. The van der Waals surface area contributed by atoms with Crippen molar-refractivity contribution in [3.63, 3.8) is 0 Å². The van der Waals surface area contributed by atoms with E-state index in [0.29, 0.717) is 24.4 Å². The molecule has 1 aliphatic rings. The maximum absolute atomic E-state index is 12.4. The lowest BCUT2D eigenvalue weighted by Gasteiger charge is -2.36. The summed E-state index contributed by atoms with van der Waals surface area (Å²) in [4.78, 5) is 27.5. The molecular weight excluding hydrogens is 316 g/mol. The average molecular weight is 338 g/mol. The fraction of sp³-hybridized carbons (Fsp3) is 0.300. The highest BCUT2D eigenvalue weighted by atomic mass is 16.5. The molecule has 1 aliphatic heterocycles. The molecule has 0 unspecified atom stereocenters. The molecule has 25 heavy (non-hydrogen) atoms. The molecule has 1 amide bonds. The van der Waals surface area contributed by atoms with E-state index in [1.807, 2.05) is 4.90 Å². The number of aldehydes is 1. The molecule has 2 aromatic carbocycles. The summed E-state index contributed by atoms with van der Waals surface area (Å²) in [5.74, 6) is 0.397. The number of anilines is 1. The normalized spacial score (nSPS) is 14.3. The van der Waals surface area contributed by atoms with Crippen molar-refractivity contribution in [1.29, 1.82) is 0 Å². The van der Waals surface area contributed by atoms with Crippen molar-refractivity contribution in [3.8, 4) is 5.75 Å². The third-order valence-corrected chi connectivity index (χ3v) is 4.40. The summed E-state index contributed by atoms with van der Waals surface area (Å²) in [6.45, 7) is 4.99. The van der Waals surface area contributed by atoms with E-state index < -0.39 is 0 Å². The van der Waals surface area contributed by atoms with Gasteiger partial charge < -0.3 is 14.5 Å². The van der Waals surface area contributed by atoms with Gasteiger partial charge in [0.15, 0.2) is 12.9 Å². The van der Waals surface area contributed by atoms with E-state index in [2.05, 4.69) is 36.1 Å². The second kappa shape index (κ2) is 7.83. The van der Waals surface area contributed by atoms with Gasteiger partial charge in [0.05, 0.1) is 5.56 Å². The number of carbonyl (C=O) groups is 2. The molecule has 0 atom stereocenters. The summed E-state index contributed by atoms with van der Waals surface area (Å²) in [6.07, 6.45) is 0.737. The molecule has 0 spiro atoms. The average Bonchev–Trinajstić information content (AvgIpc) is 2.66. The van der Waals surface area contributed by atoms with Crippen molar-refractivity contribution in [1.82, 2.24) is 4.90 Å². The Bertz CT molecular complexity index is 752. The number of carbonyl (C=O) groups excluding carboxylic acids is 2. The van der Waals surface area contributed by atoms with Crippen molar-refractivity contribution in [2.45, 2.75) is 6.92 Å². The number of hydrogen-bond donors (Lipinski definition) is 0. The predicted molar refractivity (Wildman–Crippen MR) is 97.3 cm³/mol. The topological polar surface area (TPSA) is 49.9 Å². The van der Waals surface area contributed by atoms with Crippen LogP contribution in [-0.4, -0.2) is 49.9 Å². The standard InChI is InChI=1S/C20H22N2O3/c1-16-5-4-7-18(13-16)21-9-11-22(12-10-21)20(24)15-25-19-8-3-2-6-17(19)14-23/h2-8,13-14H,9-12,15H2,1H3. The van der Waals surface area contributed by atoms with Gasteiger partial charge in [0.2, 0.25) is 0 Å². The molecule has 130 valence electrons. The van der Waals surface area contributed by atoms with Gasteiger partial charge in [-0.1, -0.05) is 24.3 Å². The van der Waals surface area contributed by atoms with Gasteiger partial charge in [-0.05, 0) is 36.8 Å². The van der Waals surface area contributed by atoms with E-state index in [9.17, 15) is 9.59 Å². The summed E-state index contributed by atoms with van der Waals surface area (Å²) in [7, 11) is 0. The summed E-state index contributed by atoms with van der Waals surface area (Å²) in [6, 6.07) is 15.3. The smallest absolute Gasteiger partial charge is 0.260 e. The van der Waals surface area contributed by atoms with E-state index in [1.54, 1.807) is 24.3 Å². The molecule has 5 heteroatoms. The van der Waals surface area contributed by atoms with Gasteiger partial charge in [0.1, 0.15) is 5.75 Å². The first-order valence-corrected chi connectivity index (χ1v) is 8.44. The van der Waals surface area contributed by atoms with Gasteiger partial charge in [-0.3, -0.25) is 9.59 Å². The van der Waals surface area contributed by atoms with Crippen molar-refractivity contribution >= 4 is 17.9 Å². The van der Waals surface area contributed by atoms with Gasteiger partial charge in [0, 0.05) is 31.9 Å². The Hall–Kier alpha value is -2.82. The maximum atomic E-state index is 12.4. The molecule has 2 aromatic rings. The first kappa shape index (κ1) is 17.0. The van der Waals surface area contributed by atoms with Crippen LogP contribution in [0.15, 0.2) is 48.5 Å². The van der Waals surface area contributed by atoms with Crippen LogP contribution in [0.4, 0.5) is 5.69 Å².